The number of nitrogens with zero attached hydrogens (tertiary/aromatic N) is 1. The highest BCUT2D eigenvalue weighted by molar-refractivity contribution is 5.92. The molecule has 0 bridgehead atoms. The van der Waals surface area contributed by atoms with Crippen LogP contribution in [-0.2, 0) is 4.79 Å². The smallest absolute Gasteiger partial charge is 0.238 e. The third-order valence-corrected chi connectivity index (χ3v) is 3.69. The lowest BCUT2D eigenvalue weighted by Crippen LogP contribution is -2.33. The quantitative estimate of drug-likeness (QED) is 0.818. The lowest BCUT2D eigenvalue weighted by molar-refractivity contribution is -0.117. The van der Waals surface area contributed by atoms with Gasteiger partial charge in [-0.15, -0.1) is 0 Å². The topological polar surface area (TPSA) is 41.6 Å². The van der Waals surface area contributed by atoms with Gasteiger partial charge in [-0.3, -0.25) is 9.69 Å². The molecule has 1 amide bonds. The number of likely N-dealkylation sites (tertiary alicyclic amines) is 1. The van der Waals surface area contributed by atoms with Crippen molar-refractivity contribution < 1.29 is 9.53 Å². The maximum absolute atomic E-state index is 12.1. The minimum absolute atomic E-state index is 0.0532. The minimum atomic E-state index is 0.0532. The van der Waals surface area contributed by atoms with Gasteiger partial charge in [0, 0.05) is 5.69 Å². The first-order valence-electron chi connectivity index (χ1n) is 8.03. The van der Waals surface area contributed by atoms with E-state index in [0.29, 0.717) is 13.2 Å². The molecule has 1 saturated heterocycles. The molecule has 1 N–H and O–H groups in total. The van der Waals surface area contributed by atoms with Crippen LogP contribution < -0.4 is 10.1 Å². The Balaban J connectivity index is 1.79. The first kappa shape index (κ1) is 16.6. The minimum Gasteiger partial charge on any atom is -0.489 e. The molecule has 2 rings (SSSR count). The fraction of sp³-hybridized carbons (Fsp3) is 0.500. The Labute approximate surface area is 133 Å². The zero-order valence-corrected chi connectivity index (χ0v) is 13.4. The van der Waals surface area contributed by atoms with Gasteiger partial charge >= 0.3 is 0 Å². The molecule has 0 radical (unpaired) electrons. The molecule has 22 heavy (non-hydrogen) atoms. The number of nitrogens with one attached hydrogen (secondary N) is 1. The second-order valence-corrected chi connectivity index (χ2v) is 6.01. The van der Waals surface area contributed by atoms with E-state index in [2.05, 4.69) is 16.8 Å². The van der Waals surface area contributed by atoms with E-state index in [1.165, 1.54) is 25.7 Å². The van der Waals surface area contributed by atoms with Gasteiger partial charge in [-0.2, -0.15) is 0 Å². The third kappa shape index (κ3) is 5.90. The predicted molar refractivity (Wildman–Crippen MR) is 90.3 cm³/mol. The van der Waals surface area contributed by atoms with Gasteiger partial charge in [0.15, 0.2) is 0 Å². The van der Waals surface area contributed by atoms with Gasteiger partial charge in [-0.25, -0.2) is 0 Å². The second kappa shape index (κ2) is 8.59. The van der Waals surface area contributed by atoms with E-state index in [9.17, 15) is 4.79 Å². The molecular formula is C18H26N2O2. The van der Waals surface area contributed by atoms with Gasteiger partial charge in [0.05, 0.1) is 6.54 Å². The molecule has 0 aromatic heterocycles. The fourth-order valence-electron chi connectivity index (χ4n) is 2.54. The van der Waals surface area contributed by atoms with Gasteiger partial charge in [-0.05, 0) is 62.7 Å². The summed E-state index contributed by atoms with van der Waals surface area (Å²) in [5.41, 5.74) is 1.79. The van der Waals surface area contributed by atoms with Gasteiger partial charge in [0.1, 0.15) is 12.4 Å². The van der Waals surface area contributed by atoms with E-state index in [4.69, 9.17) is 4.74 Å². The van der Waals surface area contributed by atoms with Crippen molar-refractivity contribution in [3.05, 3.63) is 36.4 Å². The molecule has 1 heterocycles. The highest BCUT2D eigenvalue weighted by Gasteiger charge is 2.12. The van der Waals surface area contributed by atoms with Crippen LogP contribution in [0.4, 0.5) is 5.69 Å². The Kier molecular flexibility index (Phi) is 6.46. The summed E-state index contributed by atoms with van der Waals surface area (Å²) in [6.07, 6.45) is 4.96. The summed E-state index contributed by atoms with van der Waals surface area (Å²) in [6.45, 7) is 8.78. The van der Waals surface area contributed by atoms with E-state index in [-0.39, 0.29) is 5.91 Å². The Morgan fingerprint density at radius 3 is 2.41 bits per heavy atom. The van der Waals surface area contributed by atoms with E-state index >= 15 is 0 Å². The third-order valence-electron chi connectivity index (χ3n) is 3.69. The summed E-state index contributed by atoms with van der Waals surface area (Å²) < 4.78 is 5.54. The normalized spacial score (nSPS) is 15.9. The van der Waals surface area contributed by atoms with Gasteiger partial charge in [0.2, 0.25) is 5.91 Å². The van der Waals surface area contributed by atoms with Crippen LogP contribution >= 0.6 is 0 Å². The lowest BCUT2D eigenvalue weighted by Gasteiger charge is -2.19. The molecular weight excluding hydrogens is 276 g/mol. The summed E-state index contributed by atoms with van der Waals surface area (Å²) in [5.74, 6) is 0.839. The van der Waals surface area contributed by atoms with Crippen molar-refractivity contribution in [3.63, 3.8) is 0 Å². The average Bonchev–Trinajstić information content (AvgIpc) is 2.75. The number of anilines is 1. The van der Waals surface area contributed by atoms with Crippen molar-refractivity contribution in [3.8, 4) is 5.75 Å². The first-order valence-corrected chi connectivity index (χ1v) is 8.03. The molecule has 4 heteroatoms. The summed E-state index contributed by atoms with van der Waals surface area (Å²) >= 11 is 0. The second-order valence-electron chi connectivity index (χ2n) is 6.01. The van der Waals surface area contributed by atoms with Crippen molar-refractivity contribution in [1.29, 1.82) is 0 Å². The van der Waals surface area contributed by atoms with Gasteiger partial charge < -0.3 is 10.1 Å². The maximum atomic E-state index is 12.1. The van der Waals surface area contributed by atoms with Gasteiger partial charge in [-0.1, -0.05) is 19.4 Å². The van der Waals surface area contributed by atoms with Crippen LogP contribution in [0, 0.1) is 0 Å². The molecule has 0 aliphatic carbocycles. The van der Waals surface area contributed by atoms with Crippen molar-refractivity contribution in [2.24, 2.45) is 0 Å². The Hall–Kier alpha value is -1.81. The van der Waals surface area contributed by atoms with Crippen molar-refractivity contribution in [1.82, 2.24) is 4.90 Å². The Morgan fingerprint density at radius 1 is 1.18 bits per heavy atom. The van der Waals surface area contributed by atoms with Crippen molar-refractivity contribution in [2.45, 2.75) is 32.6 Å². The zero-order valence-electron chi connectivity index (χ0n) is 13.4. The van der Waals surface area contributed by atoms with Gasteiger partial charge in [0.25, 0.3) is 0 Å². The summed E-state index contributed by atoms with van der Waals surface area (Å²) in [6, 6.07) is 7.47. The molecule has 1 aliphatic heterocycles. The molecule has 0 spiro atoms. The highest BCUT2D eigenvalue weighted by Crippen LogP contribution is 2.16. The SMILES string of the molecule is C=C(C)COc1ccc(NC(=O)CN2CCCCCC2)cc1. The average molecular weight is 302 g/mol. The molecule has 1 aliphatic rings. The zero-order chi connectivity index (χ0) is 15.8. The van der Waals surface area contributed by atoms with Crippen LogP contribution in [0.3, 0.4) is 0 Å². The molecule has 120 valence electrons. The standard InChI is InChI=1S/C18H26N2O2/c1-15(2)14-22-17-9-7-16(8-10-17)19-18(21)13-20-11-5-3-4-6-12-20/h7-10H,1,3-6,11-14H2,2H3,(H,19,21). The highest BCUT2D eigenvalue weighted by atomic mass is 16.5. The predicted octanol–water partition coefficient (Wildman–Crippen LogP) is 3.46. The number of ether oxygens (including phenoxy) is 1. The van der Waals surface area contributed by atoms with E-state index in [1.807, 2.05) is 31.2 Å². The van der Waals surface area contributed by atoms with Crippen molar-refractivity contribution >= 4 is 11.6 Å². The Bertz CT molecular complexity index is 488. The van der Waals surface area contributed by atoms with E-state index in [1.54, 1.807) is 0 Å². The van der Waals surface area contributed by atoms with Crippen LogP contribution in [0.25, 0.3) is 0 Å². The summed E-state index contributed by atoms with van der Waals surface area (Å²) in [7, 11) is 0. The first-order chi connectivity index (χ1) is 10.6. The number of rotatable bonds is 6. The van der Waals surface area contributed by atoms with Crippen molar-refractivity contribution in [2.75, 3.05) is 31.6 Å². The van der Waals surface area contributed by atoms with Crippen LogP contribution in [0.15, 0.2) is 36.4 Å². The number of amides is 1. The van der Waals surface area contributed by atoms with E-state index < -0.39 is 0 Å². The molecule has 4 nitrogen and oxygen atoms in total. The molecule has 0 unspecified atom stereocenters. The molecule has 0 saturated carbocycles. The molecule has 1 aromatic carbocycles. The number of hydrogen-bond acceptors (Lipinski definition) is 3. The lowest BCUT2D eigenvalue weighted by atomic mass is 10.2. The monoisotopic (exact) mass is 302 g/mol. The fourth-order valence-corrected chi connectivity index (χ4v) is 2.54. The van der Waals surface area contributed by atoms with Crippen LogP contribution in [0.2, 0.25) is 0 Å². The number of benzene rings is 1. The molecule has 0 atom stereocenters. The summed E-state index contributed by atoms with van der Waals surface area (Å²) in [5, 5.41) is 2.95. The number of carbonyl (C=O) groups is 1. The summed E-state index contributed by atoms with van der Waals surface area (Å²) in [4.78, 5) is 14.3. The van der Waals surface area contributed by atoms with Crippen LogP contribution in [0.5, 0.6) is 5.75 Å². The van der Waals surface area contributed by atoms with E-state index in [0.717, 1.165) is 30.1 Å². The molecule has 1 fully saturated rings. The largest absolute Gasteiger partial charge is 0.489 e. The maximum Gasteiger partial charge on any atom is 0.238 e. The number of carbonyl (C=O) groups excluding carboxylic acids is 1. The van der Waals surface area contributed by atoms with Crippen LogP contribution in [-0.4, -0.2) is 37.0 Å². The van der Waals surface area contributed by atoms with Crippen LogP contribution in [0.1, 0.15) is 32.6 Å². The Morgan fingerprint density at radius 2 is 1.82 bits per heavy atom. The number of hydrogen-bond donors (Lipinski definition) is 1. The molecule has 1 aromatic rings.